The number of nitrogens with zero attached hydrogens (tertiary/aromatic N) is 1. The van der Waals surface area contributed by atoms with Gasteiger partial charge in [0.05, 0.1) is 12.1 Å². The predicted octanol–water partition coefficient (Wildman–Crippen LogP) is 2.85. The van der Waals surface area contributed by atoms with Gasteiger partial charge in [-0.2, -0.15) is 11.8 Å². The molecule has 0 aromatic rings. The summed E-state index contributed by atoms with van der Waals surface area (Å²) in [7, 11) is 0. The van der Waals surface area contributed by atoms with Crippen molar-refractivity contribution in [2.45, 2.75) is 57.8 Å². The summed E-state index contributed by atoms with van der Waals surface area (Å²) in [5.41, 5.74) is -0.683. The molecule has 0 aliphatic carbocycles. The highest BCUT2D eigenvalue weighted by molar-refractivity contribution is 14.0. The Morgan fingerprint density at radius 3 is 2.10 bits per heavy atom. The van der Waals surface area contributed by atoms with E-state index in [1.807, 2.05) is 32.5 Å². The number of hydrogen-bond acceptors (Lipinski definition) is 3. The Morgan fingerprint density at radius 2 is 1.70 bits per heavy atom. The molecule has 20 heavy (non-hydrogen) atoms. The largest absolute Gasteiger partial charge is 0.388 e. The standard InChI is InChI=1S/C14H31N3OS.HI/c1-7-14(18,8-2)11-17-12(15-9-3)16-10-13(4,5)19-6;/h18H,7-11H2,1-6H3,(H2,15,16,17);1H. The SMILES string of the molecule is CCNC(=NCC(O)(CC)CC)NCC(C)(C)SC.I. The van der Waals surface area contributed by atoms with Crippen molar-refractivity contribution in [2.75, 3.05) is 25.9 Å². The lowest BCUT2D eigenvalue weighted by molar-refractivity contribution is 0.0418. The van der Waals surface area contributed by atoms with Crippen LogP contribution in [0.25, 0.3) is 0 Å². The van der Waals surface area contributed by atoms with E-state index in [0.717, 1.165) is 31.9 Å². The lowest BCUT2D eigenvalue weighted by Crippen LogP contribution is -2.44. The third kappa shape index (κ3) is 9.28. The third-order valence-corrected chi connectivity index (χ3v) is 4.68. The summed E-state index contributed by atoms with van der Waals surface area (Å²) < 4.78 is 0.169. The third-order valence-electron chi connectivity index (χ3n) is 3.43. The van der Waals surface area contributed by atoms with Crippen LogP contribution in [0.1, 0.15) is 47.5 Å². The van der Waals surface area contributed by atoms with E-state index in [1.165, 1.54) is 0 Å². The first kappa shape index (κ1) is 22.6. The highest BCUT2D eigenvalue weighted by Crippen LogP contribution is 2.19. The second-order valence-corrected chi connectivity index (χ2v) is 6.96. The normalized spacial score (nSPS) is 12.8. The topological polar surface area (TPSA) is 56.7 Å². The van der Waals surface area contributed by atoms with E-state index in [4.69, 9.17) is 0 Å². The van der Waals surface area contributed by atoms with Gasteiger partial charge in [0.2, 0.25) is 0 Å². The summed E-state index contributed by atoms with van der Waals surface area (Å²) in [5, 5.41) is 16.8. The maximum atomic E-state index is 10.3. The molecule has 3 N–H and O–H groups in total. The molecule has 6 heteroatoms. The molecule has 0 saturated carbocycles. The number of aliphatic hydroxyl groups is 1. The fraction of sp³-hybridized carbons (Fsp3) is 0.929. The van der Waals surface area contributed by atoms with Crippen LogP contribution in [0.3, 0.4) is 0 Å². The molecule has 0 atom stereocenters. The van der Waals surface area contributed by atoms with Gasteiger partial charge in [-0.25, -0.2) is 0 Å². The molecule has 0 aliphatic heterocycles. The quantitative estimate of drug-likeness (QED) is 0.323. The van der Waals surface area contributed by atoms with Gasteiger partial charge in [-0.15, -0.1) is 24.0 Å². The molecule has 0 fully saturated rings. The van der Waals surface area contributed by atoms with Gasteiger partial charge in [0.15, 0.2) is 5.96 Å². The summed E-state index contributed by atoms with van der Waals surface area (Å²) in [6.07, 6.45) is 3.56. The highest BCUT2D eigenvalue weighted by Gasteiger charge is 2.22. The molecule has 0 aromatic carbocycles. The number of nitrogens with one attached hydrogen (secondary N) is 2. The number of guanidine groups is 1. The fourth-order valence-electron chi connectivity index (χ4n) is 1.41. The Morgan fingerprint density at radius 1 is 1.15 bits per heavy atom. The lowest BCUT2D eigenvalue weighted by Gasteiger charge is -2.26. The van der Waals surface area contributed by atoms with Crippen LogP contribution in [0.2, 0.25) is 0 Å². The highest BCUT2D eigenvalue weighted by atomic mass is 127. The van der Waals surface area contributed by atoms with Crippen LogP contribution in [0.4, 0.5) is 0 Å². The van der Waals surface area contributed by atoms with E-state index >= 15 is 0 Å². The Balaban J connectivity index is 0. The Bertz CT molecular complexity index is 282. The fourth-order valence-corrected chi connectivity index (χ4v) is 1.63. The van der Waals surface area contributed by atoms with E-state index in [1.54, 1.807) is 0 Å². The predicted molar refractivity (Wildman–Crippen MR) is 103 cm³/mol. The number of halogens is 1. The molecular weight excluding hydrogens is 385 g/mol. The van der Waals surface area contributed by atoms with Gasteiger partial charge in [0.25, 0.3) is 0 Å². The van der Waals surface area contributed by atoms with Gasteiger partial charge in [0, 0.05) is 17.8 Å². The molecule has 0 aromatic heterocycles. The maximum Gasteiger partial charge on any atom is 0.191 e. The minimum absolute atomic E-state index is 0. The zero-order valence-corrected chi connectivity index (χ0v) is 16.9. The van der Waals surface area contributed by atoms with Crippen LogP contribution in [0.5, 0.6) is 0 Å². The van der Waals surface area contributed by atoms with Gasteiger partial charge in [-0.1, -0.05) is 13.8 Å². The molecule has 0 radical (unpaired) electrons. The first-order valence-electron chi connectivity index (χ1n) is 7.12. The molecule has 0 spiro atoms. The van der Waals surface area contributed by atoms with Crippen LogP contribution in [0, 0.1) is 0 Å². The van der Waals surface area contributed by atoms with Gasteiger partial charge in [-0.05, 0) is 39.9 Å². The lowest BCUT2D eigenvalue weighted by atomic mass is 9.98. The molecule has 0 aliphatic rings. The van der Waals surface area contributed by atoms with Crippen molar-refractivity contribution in [1.82, 2.24) is 10.6 Å². The van der Waals surface area contributed by atoms with Gasteiger partial charge >= 0.3 is 0 Å². The summed E-state index contributed by atoms with van der Waals surface area (Å²) in [5.74, 6) is 0.782. The number of aliphatic imine (C=N–C) groups is 1. The zero-order chi connectivity index (χ0) is 14.9. The molecule has 0 saturated heterocycles. The molecule has 0 amide bonds. The van der Waals surface area contributed by atoms with E-state index in [0.29, 0.717) is 6.54 Å². The number of hydrogen-bond donors (Lipinski definition) is 3. The molecule has 122 valence electrons. The van der Waals surface area contributed by atoms with Crippen LogP contribution in [-0.2, 0) is 0 Å². The molecule has 0 heterocycles. The average Bonchev–Trinajstić information content (AvgIpc) is 2.41. The second-order valence-electron chi connectivity index (χ2n) is 5.44. The number of rotatable bonds is 8. The smallest absolute Gasteiger partial charge is 0.191 e. The first-order valence-corrected chi connectivity index (χ1v) is 8.34. The molecule has 0 unspecified atom stereocenters. The van der Waals surface area contributed by atoms with Crippen molar-refractivity contribution in [3.63, 3.8) is 0 Å². The van der Waals surface area contributed by atoms with E-state index < -0.39 is 5.60 Å². The average molecular weight is 417 g/mol. The van der Waals surface area contributed by atoms with Crippen molar-refractivity contribution >= 4 is 41.7 Å². The zero-order valence-electron chi connectivity index (χ0n) is 13.7. The van der Waals surface area contributed by atoms with Gasteiger partial charge in [0.1, 0.15) is 0 Å². The van der Waals surface area contributed by atoms with E-state index in [9.17, 15) is 5.11 Å². The molecule has 0 rings (SSSR count). The minimum Gasteiger partial charge on any atom is -0.388 e. The monoisotopic (exact) mass is 417 g/mol. The minimum atomic E-state index is -0.683. The van der Waals surface area contributed by atoms with Crippen LogP contribution in [-0.4, -0.2) is 47.3 Å². The molecule has 4 nitrogen and oxygen atoms in total. The van der Waals surface area contributed by atoms with E-state index in [2.05, 4.69) is 35.7 Å². The van der Waals surface area contributed by atoms with Crippen molar-refractivity contribution < 1.29 is 5.11 Å². The summed E-state index contributed by atoms with van der Waals surface area (Å²) in [4.78, 5) is 4.50. The summed E-state index contributed by atoms with van der Waals surface area (Å²) in [6, 6.07) is 0. The molecular formula is C14H32IN3OS. The second kappa shape index (κ2) is 11.0. The summed E-state index contributed by atoms with van der Waals surface area (Å²) in [6.45, 7) is 12.5. The van der Waals surface area contributed by atoms with Crippen LogP contribution in [0.15, 0.2) is 4.99 Å². The van der Waals surface area contributed by atoms with Crippen molar-refractivity contribution in [2.24, 2.45) is 4.99 Å². The Kier molecular flexibility index (Phi) is 12.4. The van der Waals surface area contributed by atoms with Gasteiger partial charge in [-0.3, -0.25) is 4.99 Å². The van der Waals surface area contributed by atoms with Crippen molar-refractivity contribution in [3.05, 3.63) is 0 Å². The first-order chi connectivity index (χ1) is 8.82. The maximum absolute atomic E-state index is 10.3. The van der Waals surface area contributed by atoms with Crippen LogP contribution >= 0.6 is 35.7 Å². The van der Waals surface area contributed by atoms with Crippen molar-refractivity contribution in [1.29, 1.82) is 0 Å². The molecule has 0 bridgehead atoms. The van der Waals surface area contributed by atoms with Gasteiger partial charge < -0.3 is 15.7 Å². The summed E-state index contributed by atoms with van der Waals surface area (Å²) >= 11 is 1.83. The van der Waals surface area contributed by atoms with Crippen molar-refractivity contribution in [3.8, 4) is 0 Å². The Labute approximate surface area is 146 Å². The number of thioether (sulfide) groups is 1. The van der Waals surface area contributed by atoms with Crippen LogP contribution < -0.4 is 10.6 Å². The van der Waals surface area contributed by atoms with E-state index in [-0.39, 0.29) is 28.7 Å². The Hall–Kier alpha value is 0.310.